The molecule has 0 bridgehead atoms. The maximum absolute atomic E-state index is 13.4. The molecule has 4 nitrogen and oxygen atoms in total. The highest BCUT2D eigenvalue weighted by atomic mass is 19.1. The Morgan fingerprint density at radius 1 is 1.14 bits per heavy atom. The van der Waals surface area contributed by atoms with E-state index in [1.54, 1.807) is 7.11 Å². The number of benzene rings is 2. The maximum atomic E-state index is 13.4. The molecule has 28 heavy (non-hydrogen) atoms. The summed E-state index contributed by atoms with van der Waals surface area (Å²) in [4.78, 5) is 15.2. The summed E-state index contributed by atoms with van der Waals surface area (Å²) in [5, 5.41) is 11.4. The summed E-state index contributed by atoms with van der Waals surface area (Å²) in [6, 6.07) is 13.1. The first-order valence-electron chi connectivity index (χ1n) is 9.95. The minimum absolute atomic E-state index is 0.0456. The molecule has 2 aromatic rings. The number of hydrogen-bond donors (Lipinski definition) is 1. The van der Waals surface area contributed by atoms with Crippen LogP contribution in [-0.2, 0) is 0 Å². The number of methoxy groups -OCH3 is 1. The molecule has 1 saturated heterocycles. The lowest BCUT2D eigenvalue weighted by molar-refractivity contribution is -0.115. The highest BCUT2D eigenvalue weighted by Gasteiger charge is 2.50. The van der Waals surface area contributed by atoms with E-state index in [0.29, 0.717) is 18.5 Å². The van der Waals surface area contributed by atoms with Crippen molar-refractivity contribution in [1.82, 2.24) is 4.90 Å². The van der Waals surface area contributed by atoms with E-state index in [1.807, 2.05) is 29.2 Å². The van der Waals surface area contributed by atoms with Crippen LogP contribution in [0.25, 0.3) is 0 Å². The Morgan fingerprint density at radius 2 is 1.89 bits per heavy atom. The van der Waals surface area contributed by atoms with Crippen LogP contribution in [0.1, 0.15) is 54.1 Å². The number of rotatable bonds is 3. The van der Waals surface area contributed by atoms with Gasteiger partial charge < -0.3 is 14.7 Å². The topological polar surface area (TPSA) is 49.8 Å². The van der Waals surface area contributed by atoms with Crippen LogP contribution in [0.5, 0.6) is 5.75 Å². The fraction of sp³-hybridized carbons (Fsp3) is 0.435. The van der Waals surface area contributed by atoms with Crippen molar-refractivity contribution in [2.75, 3.05) is 13.7 Å². The van der Waals surface area contributed by atoms with Crippen LogP contribution in [0.4, 0.5) is 4.39 Å². The first-order valence-corrected chi connectivity index (χ1v) is 9.95. The lowest BCUT2D eigenvalue weighted by Gasteiger charge is -2.52. The number of ether oxygens (including phenoxy) is 1. The number of likely N-dealkylation sites (tertiary alicyclic amines) is 1. The third-order valence-electron chi connectivity index (χ3n) is 6.38. The van der Waals surface area contributed by atoms with Crippen LogP contribution in [0, 0.1) is 11.7 Å². The van der Waals surface area contributed by atoms with Gasteiger partial charge in [0.2, 0.25) is 0 Å². The average Bonchev–Trinajstić information content (AvgIpc) is 2.72. The Morgan fingerprint density at radius 3 is 2.64 bits per heavy atom. The van der Waals surface area contributed by atoms with Crippen LogP contribution in [0.2, 0.25) is 0 Å². The van der Waals surface area contributed by atoms with Gasteiger partial charge in [0.1, 0.15) is 11.6 Å². The summed E-state index contributed by atoms with van der Waals surface area (Å²) in [6.07, 6.45) is 4.25. The molecular formula is C23H26FNO3. The van der Waals surface area contributed by atoms with Crippen molar-refractivity contribution >= 4 is 5.91 Å². The highest BCUT2D eigenvalue weighted by Crippen LogP contribution is 2.51. The largest absolute Gasteiger partial charge is 0.496 e. The third-order valence-corrected chi connectivity index (χ3v) is 6.38. The lowest BCUT2D eigenvalue weighted by atomic mass is 9.66. The second kappa shape index (κ2) is 7.55. The normalized spacial score (nSPS) is 27.2. The number of amides is 1. The molecule has 4 rings (SSSR count). The van der Waals surface area contributed by atoms with Crippen molar-refractivity contribution < 1.29 is 19.0 Å². The molecule has 1 heterocycles. The van der Waals surface area contributed by atoms with E-state index in [2.05, 4.69) is 0 Å². The second-order valence-corrected chi connectivity index (χ2v) is 7.90. The molecule has 0 spiro atoms. The van der Waals surface area contributed by atoms with Crippen molar-refractivity contribution in [3.8, 4) is 5.75 Å². The molecule has 3 atom stereocenters. The second-order valence-electron chi connectivity index (χ2n) is 7.90. The molecule has 1 aliphatic carbocycles. The van der Waals surface area contributed by atoms with Gasteiger partial charge >= 0.3 is 0 Å². The third kappa shape index (κ3) is 3.28. The van der Waals surface area contributed by atoms with E-state index in [1.165, 1.54) is 24.3 Å². The Bertz CT molecular complexity index is 853. The van der Waals surface area contributed by atoms with Gasteiger partial charge in [0.25, 0.3) is 5.91 Å². The number of carbonyl (C=O) groups excluding carboxylic acids is 1. The summed E-state index contributed by atoms with van der Waals surface area (Å²) >= 11 is 0. The number of carbonyl (C=O) groups is 1. The fourth-order valence-corrected chi connectivity index (χ4v) is 4.96. The minimum atomic E-state index is -0.761. The summed E-state index contributed by atoms with van der Waals surface area (Å²) in [5.41, 5.74) is 0.622. The zero-order chi connectivity index (χ0) is 19.7. The summed E-state index contributed by atoms with van der Waals surface area (Å²) in [5.74, 6) is 0.177. The first kappa shape index (κ1) is 18.9. The SMILES string of the molecule is COc1ccccc1[C@H]1[C@H]2CCCC[C@]2(O)CCN1C(=O)c1ccc(F)cc1. The van der Waals surface area contributed by atoms with E-state index in [-0.39, 0.29) is 23.7 Å². The van der Waals surface area contributed by atoms with Crippen molar-refractivity contribution in [3.63, 3.8) is 0 Å². The molecule has 0 aromatic heterocycles. The number of halogens is 1. The monoisotopic (exact) mass is 383 g/mol. The molecule has 1 aliphatic heterocycles. The Labute approximate surface area is 164 Å². The smallest absolute Gasteiger partial charge is 0.254 e. The molecule has 0 radical (unpaired) electrons. The molecular weight excluding hydrogens is 357 g/mol. The van der Waals surface area contributed by atoms with Crippen LogP contribution >= 0.6 is 0 Å². The number of para-hydroxylation sites is 1. The molecule has 2 fully saturated rings. The van der Waals surface area contributed by atoms with Gasteiger partial charge in [-0.15, -0.1) is 0 Å². The number of aliphatic hydroxyl groups is 1. The average molecular weight is 383 g/mol. The van der Waals surface area contributed by atoms with Crippen molar-refractivity contribution in [1.29, 1.82) is 0 Å². The zero-order valence-corrected chi connectivity index (χ0v) is 16.1. The number of fused-ring (bicyclic) bond motifs is 1. The van der Waals surface area contributed by atoms with Gasteiger partial charge in [-0.3, -0.25) is 4.79 Å². The maximum Gasteiger partial charge on any atom is 0.254 e. The van der Waals surface area contributed by atoms with E-state index in [9.17, 15) is 14.3 Å². The number of piperidine rings is 1. The van der Waals surface area contributed by atoms with Crippen molar-refractivity contribution in [2.45, 2.75) is 43.7 Å². The molecule has 1 amide bonds. The summed E-state index contributed by atoms with van der Waals surface area (Å²) in [6.45, 7) is 0.464. The van der Waals surface area contributed by atoms with Gasteiger partial charge in [-0.2, -0.15) is 0 Å². The quantitative estimate of drug-likeness (QED) is 0.858. The van der Waals surface area contributed by atoms with E-state index in [0.717, 1.165) is 37.0 Å². The van der Waals surface area contributed by atoms with Crippen LogP contribution in [-0.4, -0.2) is 35.2 Å². The summed E-state index contributed by atoms with van der Waals surface area (Å²) in [7, 11) is 1.63. The standard InChI is InChI=1S/C23H26FNO3/c1-28-20-8-3-2-6-18(20)21-19-7-4-5-13-23(19,27)14-15-25(21)22(26)16-9-11-17(24)12-10-16/h2-3,6,8-12,19,21,27H,4-5,7,13-15H2,1H3/t19-,21+,23+/m1/s1. The Balaban J connectivity index is 1.78. The molecule has 1 saturated carbocycles. The van der Waals surface area contributed by atoms with Crippen molar-refractivity contribution in [3.05, 3.63) is 65.5 Å². The van der Waals surface area contributed by atoms with Crippen LogP contribution < -0.4 is 4.74 Å². The van der Waals surface area contributed by atoms with Gasteiger partial charge in [-0.25, -0.2) is 4.39 Å². The highest BCUT2D eigenvalue weighted by molar-refractivity contribution is 5.94. The van der Waals surface area contributed by atoms with Gasteiger partial charge in [0.05, 0.1) is 18.8 Å². The van der Waals surface area contributed by atoms with E-state index >= 15 is 0 Å². The molecule has 1 N–H and O–H groups in total. The Kier molecular flexibility index (Phi) is 5.11. The zero-order valence-electron chi connectivity index (χ0n) is 16.1. The van der Waals surface area contributed by atoms with Gasteiger partial charge in [-0.05, 0) is 49.6 Å². The van der Waals surface area contributed by atoms with Gasteiger partial charge in [-0.1, -0.05) is 31.0 Å². The molecule has 5 heteroatoms. The minimum Gasteiger partial charge on any atom is -0.496 e. The van der Waals surface area contributed by atoms with E-state index in [4.69, 9.17) is 4.74 Å². The molecule has 2 aliphatic rings. The Hall–Kier alpha value is -2.40. The molecule has 148 valence electrons. The summed E-state index contributed by atoms with van der Waals surface area (Å²) < 4.78 is 18.9. The number of hydrogen-bond acceptors (Lipinski definition) is 3. The van der Waals surface area contributed by atoms with Crippen LogP contribution in [0.15, 0.2) is 48.5 Å². The van der Waals surface area contributed by atoms with E-state index < -0.39 is 5.60 Å². The van der Waals surface area contributed by atoms with Crippen LogP contribution in [0.3, 0.4) is 0 Å². The predicted molar refractivity (Wildman–Crippen MR) is 105 cm³/mol. The first-order chi connectivity index (χ1) is 13.5. The predicted octanol–water partition coefficient (Wildman–Crippen LogP) is 4.34. The molecule has 0 unspecified atom stereocenters. The number of nitrogens with zero attached hydrogens (tertiary/aromatic N) is 1. The van der Waals surface area contributed by atoms with Crippen molar-refractivity contribution in [2.24, 2.45) is 5.92 Å². The van der Waals surface area contributed by atoms with Gasteiger partial charge in [0.15, 0.2) is 0 Å². The van der Waals surface area contributed by atoms with Gasteiger partial charge in [0, 0.05) is 23.6 Å². The molecule has 2 aromatic carbocycles. The lowest BCUT2D eigenvalue weighted by Crippen LogP contribution is -2.56. The fourth-order valence-electron chi connectivity index (χ4n) is 4.96.